The molecular weight excluding hydrogens is 404 g/mol. The molecule has 1 heterocycles. The summed E-state index contributed by atoms with van der Waals surface area (Å²) in [6, 6.07) is 0. The van der Waals surface area contributed by atoms with Crippen molar-refractivity contribution in [2.45, 2.75) is 62.6 Å². The highest BCUT2D eigenvalue weighted by molar-refractivity contribution is 7.93. The fourth-order valence-electron chi connectivity index (χ4n) is 5.26. The van der Waals surface area contributed by atoms with Gasteiger partial charge in [0.1, 0.15) is 0 Å². The second-order valence-corrected chi connectivity index (χ2v) is 10.4. The summed E-state index contributed by atoms with van der Waals surface area (Å²) in [7, 11) is -4.09. The Hall–Kier alpha value is -1.90. The van der Waals surface area contributed by atoms with E-state index in [1.165, 1.54) is 12.2 Å². The van der Waals surface area contributed by atoms with E-state index in [9.17, 15) is 18.3 Å². The predicted molar refractivity (Wildman–Crippen MR) is 114 cm³/mol. The Balaban J connectivity index is 1.77. The predicted octanol–water partition coefficient (Wildman–Crippen LogP) is 2.83. The highest BCUT2D eigenvalue weighted by Crippen LogP contribution is 2.46. The Morgan fingerprint density at radius 1 is 1.17 bits per heavy atom. The van der Waals surface area contributed by atoms with Crippen LogP contribution in [0.3, 0.4) is 0 Å². The summed E-state index contributed by atoms with van der Waals surface area (Å²) in [6.07, 6.45) is 17.3. The molecule has 2 fully saturated rings. The van der Waals surface area contributed by atoms with Gasteiger partial charge < -0.3 is 14.7 Å². The molecule has 0 amide bonds. The van der Waals surface area contributed by atoms with Crippen LogP contribution in [0.1, 0.15) is 51.4 Å². The van der Waals surface area contributed by atoms with Crippen LogP contribution in [-0.4, -0.2) is 48.7 Å². The van der Waals surface area contributed by atoms with Gasteiger partial charge >= 0.3 is 5.97 Å². The number of likely N-dealkylation sites (tertiary alicyclic amines) is 1. The molecular formula is C22H30N2O5S. The van der Waals surface area contributed by atoms with Crippen LogP contribution < -0.4 is 5.14 Å². The summed E-state index contributed by atoms with van der Waals surface area (Å²) in [5.74, 6) is -0.990. The minimum atomic E-state index is -4.09. The molecule has 2 unspecified atom stereocenters. The van der Waals surface area contributed by atoms with Crippen LogP contribution in [-0.2, 0) is 19.6 Å². The lowest BCUT2D eigenvalue weighted by Gasteiger charge is -2.45. The third-order valence-electron chi connectivity index (χ3n) is 6.81. The maximum atomic E-state index is 12.6. The molecule has 1 saturated heterocycles. The maximum Gasteiger partial charge on any atom is 0.340 e. The maximum absolute atomic E-state index is 12.6. The van der Waals surface area contributed by atoms with E-state index in [0.29, 0.717) is 12.1 Å². The first kappa shape index (κ1) is 21.3. The number of carbonyl (C=O) groups is 1. The van der Waals surface area contributed by atoms with Crippen molar-refractivity contribution in [2.24, 2.45) is 11.1 Å². The third kappa shape index (κ3) is 4.00. The van der Waals surface area contributed by atoms with Gasteiger partial charge in [0, 0.05) is 25.2 Å². The van der Waals surface area contributed by atoms with E-state index < -0.39 is 27.2 Å². The molecule has 4 rings (SSSR count). The first-order valence-corrected chi connectivity index (χ1v) is 12.3. The fraction of sp³-hybridized carbons (Fsp3) is 0.591. The number of primary sulfonamides is 1. The average Bonchev–Trinajstić information content (AvgIpc) is 3.42. The molecule has 0 bridgehead atoms. The van der Waals surface area contributed by atoms with Gasteiger partial charge in [0.2, 0.25) is 10.0 Å². The fourth-order valence-corrected chi connectivity index (χ4v) is 5.91. The van der Waals surface area contributed by atoms with Crippen molar-refractivity contribution < 1.29 is 23.1 Å². The molecule has 4 aliphatic rings. The van der Waals surface area contributed by atoms with Gasteiger partial charge in [-0.3, -0.25) is 0 Å². The Kier molecular flexibility index (Phi) is 5.67. The number of carboxylic acid groups (broad SMARTS) is 1. The molecule has 1 saturated carbocycles. The lowest BCUT2D eigenvalue weighted by molar-refractivity contribution is -0.182. The van der Waals surface area contributed by atoms with Crippen LogP contribution >= 0.6 is 0 Å². The van der Waals surface area contributed by atoms with Crippen LogP contribution in [0.5, 0.6) is 0 Å². The Labute approximate surface area is 178 Å². The van der Waals surface area contributed by atoms with E-state index in [-0.39, 0.29) is 17.2 Å². The molecule has 30 heavy (non-hydrogen) atoms. The number of sulfonamides is 1. The lowest BCUT2D eigenvalue weighted by Crippen LogP contribution is -2.53. The number of hydrogen-bond acceptors (Lipinski definition) is 5. The number of hydrogen-bond donors (Lipinski definition) is 2. The third-order valence-corrected chi connectivity index (χ3v) is 7.70. The quantitative estimate of drug-likeness (QED) is 0.665. The van der Waals surface area contributed by atoms with E-state index in [1.54, 1.807) is 0 Å². The SMILES string of the molecule is NS(=O)(=O)C1=CC(OC2(C3CCCC3)C=CC=CC2)(C(=O)O)CC(N2CCCC2)=C1. The standard InChI is InChI=1S/C22H30N2O5S/c23-30(27,28)19-14-18(24-12-6-7-13-24)15-22(16-19,20(25)26)29-21(10-4-1-5-11-21)17-8-2-3-9-17/h1,4-5,10,14,16-17H,2-3,6-9,11-13,15H2,(H,25,26)(H2,23,27,28). The first-order valence-electron chi connectivity index (χ1n) is 10.7. The molecule has 0 aromatic carbocycles. The largest absolute Gasteiger partial charge is 0.479 e. The second-order valence-electron chi connectivity index (χ2n) is 8.82. The van der Waals surface area contributed by atoms with E-state index in [2.05, 4.69) is 4.90 Å². The number of carboxylic acids is 1. The van der Waals surface area contributed by atoms with Gasteiger partial charge in [-0.1, -0.05) is 37.1 Å². The Morgan fingerprint density at radius 3 is 2.43 bits per heavy atom. The molecule has 3 aliphatic carbocycles. The summed E-state index contributed by atoms with van der Waals surface area (Å²) in [5, 5.41) is 15.8. The molecule has 0 aromatic rings. The normalized spacial score (nSPS) is 32.4. The number of nitrogens with zero attached hydrogens (tertiary/aromatic N) is 1. The van der Waals surface area contributed by atoms with Crippen LogP contribution in [0.4, 0.5) is 0 Å². The average molecular weight is 435 g/mol. The minimum absolute atomic E-state index is 0.0907. The van der Waals surface area contributed by atoms with Gasteiger partial charge in [-0.15, -0.1) is 0 Å². The molecule has 0 radical (unpaired) electrons. The monoisotopic (exact) mass is 434 g/mol. The van der Waals surface area contributed by atoms with E-state index >= 15 is 0 Å². The van der Waals surface area contributed by atoms with Crippen molar-refractivity contribution in [3.05, 3.63) is 47.1 Å². The number of aliphatic carboxylic acids is 1. The molecule has 0 aromatic heterocycles. The smallest absolute Gasteiger partial charge is 0.340 e. The minimum Gasteiger partial charge on any atom is -0.479 e. The molecule has 0 spiro atoms. The van der Waals surface area contributed by atoms with Crippen molar-refractivity contribution in [3.8, 4) is 0 Å². The summed E-state index contributed by atoms with van der Waals surface area (Å²) < 4.78 is 31.1. The molecule has 2 atom stereocenters. The van der Waals surface area contributed by atoms with Gasteiger partial charge in [-0.2, -0.15) is 0 Å². The second kappa shape index (κ2) is 7.98. The highest BCUT2D eigenvalue weighted by Gasteiger charge is 2.51. The number of nitrogens with two attached hydrogens (primary N) is 1. The molecule has 1 aliphatic heterocycles. The first-order chi connectivity index (χ1) is 14.2. The van der Waals surface area contributed by atoms with Crippen molar-refractivity contribution in [1.29, 1.82) is 0 Å². The van der Waals surface area contributed by atoms with Crippen molar-refractivity contribution >= 4 is 16.0 Å². The van der Waals surface area contributed by atoms with Gasteiger partial charge in [0.25, 0.3) is 0 Å². The molecule has 3 N–H and O–H groups in total. The van der Waals surface area contributed by atoms with Gasteiger partial charge in [0.15, 0.2) is 5.60 Å². The summed E-state index contributed by atoms with van der Waals surface area (Å²) >= 11 is 0. The van der Waals surface area contributed by atoms with Gasteiger partial charge in [0.05, 0.1) is 10.5 Å². The van der Waals surface area contributed by atoms with Gasteiger partial charge in [-0.25, -0.2) is 18.4 Å². The number of allylic oxidation sites excluding steroid dienone is 3. The zero-order valence-electron chi connectivity index (χ0n) is 17.1. The zero-order valence-corrected chi connectivity index (χ0v) is 17.9. The Bertz CT molecular complexity index is 923. The Morgan fingerprint density at radius 2 is 1.87 bits per heavy atom. The summed E-state index contributed by atoms with van der Waals surface area (Å²) in [5.41, 5.74) is -1.89. The van der Waals surface area contributed by atoms with Crippen molar-refractivity contribution in [1.82, 2.24) is 4.90 Å². The number of rotatable bonds is 6. The molecule has 8 heteroatoms. The van der Waals surface area contributed by atoms with Crippen LogP contribution in [0.2, 0.25) is 0 Å². The van der Waals surface area contributed by atoms with Gasteiger partial charge in [-0.05, 0) is 50.2 Å². The van der Waals surface area contributed by atoms with E-state index in [1.807, 2.05) is 24.3 Å². The molecule has 7 nitrogen and oxygen atoms in total. The lowest BCUT2D eigenvalue weighted by atomic mass is 9.79. The zero-order chi connectivity index (χ0) is 21.4. The summed E-state index contributed by atoms with van der Waals surface area (Å²) in [4.78, 5) is 14.5. The number of ether oxygens (including phenoxy) is 1. The van der Waals surface area contributed by atoms with E-state index in [4.69, 9.17) is 9.88 Å². The topological polar surface area (TPSA) is 110 Å². The van der Waals surface area contributed by atoms with Crippen LogP contribution in [0.15, 0.2) is 47.1 Å². The van der Waals surface area contributed by atoms with Crippen LogP contribution in [0.25, 0.3) is 0 Å². The molecule has 164 valence electrons. The van der Waals surface area contributed by atoms with Crippen molar-refractivity contribution in [3.63, 3.8) is 0 Å². The highest BCUT2D eigenvalue weighted by atomic mass is 32.2. The van der Waals surface area contributed by atoms with Crippen molar-refractivity contribution in [2.75, 3.05) is 13.1 Å². The summed E-state index contributed by atoms with van der Waals surface area (Å²) in [6.45, 7) is 1.55. The van der Waals surface area contributed by atoms with E-state index in [0.717, 1.165) is 51.6 Å². The van der Waals surface area contributed by atoms with Crippen LogP contribution in [0, 0.1) is 5.92 Å².